The Bertz CT molecular complexity index is 149. The number of Topliss-reactive ketones (excluding diaryl/α,β-unsaturated/α-hetero) is 1. The summed E-state index contributed by atoms with van der Waals surface area (Å²) in [5.41, 5.74) is 0.156. The molecule has 13 heavy (non-hydrogen) atoms. The second-order valence-corrected chi connectivity index (χ2v) is 5.16. The summed E-state index contributed by atoms with van der Waals surface area (Å²) < 4.78 is 0. The van der Waals surface area contributed by atoms with E-state index in [-0.39, 0.29) is 5.41 Å². The van der Waals surface area contributed by atoms with Crippen LogP contribution in [-0.2, 0) is 4.79 Å². The van der Waals surface area contributed by atoms with Crippen molar-refractivity contribution in [2.45, 2.75) is 60.3 Å². The standard InChI is InChI=1S/C12H24O/c1-6-10(7-2)8-11(13)9-12(3,4)5/h10H,6-9H2,1-5H3. The SMILES string of the molecule is CCC(CC)CC(=O)CC(C)(C)C. The summed E-state index contributed by atoms with van der Waals surface area (Å²) in [5.74, 6) is 1.04. The molecule has 0 atom stereocenters. The molecule has 0 aliphatic heterocycles. The Labute approximate surface area is 82.9 Å². The van der Waals surface area contributed by atoms with Crippen molar-refractivity contribution in [3.8, 4) is 0 Å². The Morgan fingerprint density at radius 3 is 1.92 bits per heavy atom. The Balaban J connectivity index is 3.86. The Kier molecular flexibility index (Phi) is 5.27. The minimum Gasteiger partial charge on any atom is -0.300 e. The van der Waals surface area contributed by atoms with Crippen LogP contribution in [0, 0.1) is 11.3 Å². The third kappa shape index (κ3) is 6.80. The van der Waals surface area contributed by atoms with Gasteiger partial charge in [0.2, 0.25) is 0 Å². The zero-order valence-corrected chi connectivity index (χ0v) is 9.81. The average molecular weight is 184 g/mol. The smallest absolute Gasteiger partial charge is 0.133 e. The number of hydrogen-bond acceptors (Lipinski definition) is 1. The van der Waals surface area contributed by atoms with Crippen LogP contribution in [0.1, 0.15) is 60.3 Å². The van der Waals surface area contributed by atoms with Gasteiger partial charge in [-0.2, -0.15) is 0 Å². The fourth-order valence-corrected chi connectivity index (χ4v) is 1.56. The van der Waals surface area contributed by atoms with Gasteiger partial charge in [0.1, 0.15) is 5.78 Å². The lowest BCUT2D eigenvalue weighted by Crippen LogP contribution is -2.15. The van der Waals surface area contributed by atoms with Crippen LogP contribution < -0.4 is 0 Å². The van der Waals surface area contributed by atoms with Crippen molar-refractivity contribution in [1.29, 1.82) is 0 Å². The molecule has 1 nitrogen and oxygen atoms in total. The predicted octanol–water partition coefficient (Wildman–Crippen LogP) is 3.82. The second kappa shape index (κ2) is 5.41. The maximum Gasteiger partial charge on any atom is 0.133 e. The summed E-state index contributed by atoms with van der Waals surface area (Å²) >= 11 is 0. The van der Waals surface area contributed by atoms with E-state index in [9.17, 15) is 4.79 Å². The Hall–Kier alpha value is -0.330. The first-order valence-electron chi connectivity index (χ1n) is 5.40. The highest BCUT2D eigenvalue weighted by Crippen LogP contribution is 2.22. The molecule has 0 aromatic heterocycles. The number of rotatable bonds is 5. The minimum absolute atomic E-state index is 0.156. The Morgan fingerprint density at radius 2 is 1.62 bits per heavy atom. The van der Waals surface area contributed by atoms with Gasteiger partial charge in [-0.05, 0) is 11.3 Å². The predicted molar refractivity (Wildman–Crippen MR) is 57.8 cm³/mol. The maximum atomic E-state index is 11.6. The van der Waals surface area contributed by atoms with Crippen molar-refractivity contribution in [2.75, 3.05) is 0 Å². The van der Waals surface area contributed by atoms with Crippen molar-refractivity contribution in [3.05, 3.63) is 0 Å². The largest absolute Gasteiger partial charge is 0.300 e. The van der Waals surface area contributed by atoms with Crippen LogP contribution in [0.3, 0.4) is 0 Å². The van der Waals surface area contributed by atoms with Crippen LogP contribution in [0.5, 0.6) is 0 Å². The summed E-state index contributed by atoms with van der Waals surface area (Å²) in [6, 6.07) is 0. The van der Waals surface area contributed by atoms with Crippen molar-refractivity contribution in [3.63, 3.8) is 0 Å². The molecule has 0 amide bonds. The van der Waals surface area contributed by atoms with Gasteiger partial charge in [-0.15, -0.1) is 0 Å². The van der Waals surface area contributed by atoms with Crippen LogP contribution in [0.25, 0.3) is 0 Å². The fraction of sp³-hybridized carbons (Fsp3) is 0.917. The molecule has 0 aromatic rings. The lowest BCUT2D eigenvalue weighted by atomic mass is 9.86. The molecule has 0 saturated carbocycles. The van der Waals surface area contributed by atoms with Gasteiger partial charge in [-0.1, -0.05) is 47.5 Å². The van der Waals surface area contributed by atoms with E-state index >= 15 is 0 Å². The van der Waals surface area contributed by atoms with Crippen LogP contribution in [0.4, 0.5) is 0 Å². The van der Waals surface area contributed by atoms with Crippen LogP contribution in [-0.4, -0.2) is 5.78 Å². The number of ketones is 1. The van der Waals surface area contributed by atoms with Gasteiger partial charge >= 0.3 is 0 Å². The van der Waals surface area contributed by atoms with E-state index in [1.165, 1.54) is 0 Å². The lowest BCUT2D eigenvalue weighted by Gasteiger charge is -2.18. The van der Waals surface area contributed by atoms with Crippen molar-refractivity contribution < 1.29 is 4.79 Å². The number of carbonyl (C=O) groups excluding carboxylic acids is 1. The van der Waals surface area contributed by atoms with Gasteiger partial charge < -0.3 is 0 Å². The molecule has 0 N–H and O–H groups in total. The van der Waals surface area contributed by atoms with E-state index in [0.29, 0.717) is 11.7 Å². The van der Waals surface area contributed by atoms with E-state index in [0.717, 1.165) is 25.7 Å². The zero-order valence-electron chi connectivity index (χ0n) is 9.81. The molecule has 0 aromatic carbocycles. The molecule has 0 bridgehead atoms. The molecule has 0 spiro atoms. The molecule has 1 heteroatoms. The lowest BCUT2D eigenvalue weighted by molar-refractivity contribution is -0.121. The molecule has 0 rings (SSSR count). The van der Waals surface area contributed by atoms with Crippen molar-refractivity contribution in [2.24, 2.45) is 11.3 Å². The first kappa shape index (κ1) is 12.7. The van der Waals surface area contributed by atoms with E-state index < -0.39 is 0 Å². The second-order valence-electron chi connectivity index (χ2n) is 5.16. The van der Waals surface area contributed by atoms with Gasteiger partial charge in [0, 0.05) is 12.8 Å². The molecule has 0 radical (unpaired) electrons. The van der Waals surface area contributed by atoms with Gasteiger partial charge in [-0.25, -0.2) is 0 Å². The molecule has 0 unspecified atom stereocenters. The van der Waals surface area contributed by atoms with Gasteiger partial charge in [0.05, 0.1) is 0 Å². The molecular formula is C12H24O. The molecular weight excluding hydrogens is 160 g/mol. The van der Waals surface area contributed by atoms with Crippen LogP contribution in [0.15, 0.2) is 0 Å². The fourth-order valence-electron chi connectivity index (χ4n) is 1.56. The summed E-state index contributed by atoms with van der Waals surface area (Å²) in [7, 11) is 0. The molecule has 0 heterocycles. The molecule has 0 aliphatic carbocycles. The highest BCUT2D eigenvalue weighted by molar-refractivity contribution is 5.79. The third-order valence-corrected chi connectivity index (χ3v) is 2.40. The molecule has 0 fully saturated rings. The highest BCUT2D eigenvalue weighted by Gasteiger charge is 2.17. The monoisotopic (exact) mass is 184 g/mol. The summed E-state index contributed by atoms with van der Waals surface area (Å²) in [6.07, 6.45) is 3.77. The Morgan fingerprint density at radius 1 is 1.15 bits per heavy atom. The van der Waals surface area contributed by atoms with E-state index in [1.54, 1.807) is 0 Å². The van der Waals surface area contributed by atoms with Crippen LogP contribution >= 0.6 is 0 Å². The van der Waals surface area contributed by atoms with E-state index in [1.807, 2.05) is 0 Å². The van der Waals surface area contributed by atoms with Gasteiger partial charge in [0.15, 0.2) is 0 Å². The number of carbonyl (C=O) groups is 1. The first-order chi connectivity index (χ1) is 5.89. The molecule has 78 valence electrons. The number of hydrogen-bond donors (Lipinski definition) is 0. The van der Waals surface area contributed by atoms with E-state index in [2.05, 4.69) is 34.6 Å². The van der Waals surface area contributed by atoms with Crippen molar-refractivity contribution in [1.82, 2.24) is 0 Å². The normalized spacial score (nSPS) is 12.2. The van der Waals surface area contributed by atoms with Crippen LogP contribution in [0.2, 0.25) is 0 Å². The third-order valence-electron chi connectivity index (χ3n) is 2.40. The summed E-state index contributed by atoms with van der Waals surface area (Å²) in [6.45, 7) is 10.7. The maximum absolute atomic E-state index is 11.6. The zero-order chi connectivity index (χ0) is 10.5. The molecule has 0 aliphatic rings. The quantitative estimate of drug-likeness (QED) is 0.635. The topological polar surface area (TPSA) is 17.1 Å². The van der Waals surface area contributed by atoms with Gasteiger partial charge in [-0.3, -0.25) is 4.79 Å². The highest BCUT2D eigenvalue weighted by atomic mass is 16.1. The first-order valence-corrected chi connectivity index (χ1v) is 5.40. The average Bonchev–Trinajstić information content (AvgIpc) is 1.96. The van der Waals surface area contributed by atoms with Crippen molar-refractivity contribution >= 4 is 5.78 Å². The van der Waals surface area contributed by atoms with E-state index in [4.69, 9.17) is 0 Å². The summed E-state index contributed by atoms with van der Waals surface area (Å²) in [5, 5.41) is 0. The summed E-state index contributed by atoms with van der Waals surface area (Å²) in [4.78, 5) is 11.6. The minimum atomic E-state index is 0.156. The van der Waals surface area contributed by atoms with Gasteiger partial charge in [0.25, 0.3) is 0 Å². The molecule has 0 saturated heterocycles.